The van der Waals surface area contributed by atoms with Gasteiger partial charge in [-0.05, 0) is 24.3 Å². The van der Waals surface area contributed by atoms with Gasteiger partial charge in [0.25, 0.3) is 11.7 Å². The number of quaternary nitrogens is 1. The average Bonchev–Trinajstić information content (AvgIpc) is 2.97. The molecule has 6 nitrogen and oxygen atoms in total. The normalized spacial score (nSPS) is 21.5. The quantitative estimate of drug-likeness (QED) is 0.732. The summed E-state index contributed by atoms with van der Waals surface area (Å²) in [6, 6.07) is 13.1. The van der Waals surface area contributed by atoms with Gasteiger partial charge in [0, 0.05) is 10.5 Å². The maximum atomic E-state index is 12.9. The second-order valence-electron chi connectivity index (χ2n) is 6.70. The Bertz CT molecular complexity index is 821. The van der Waals surface area contributed by atoms with Crippen LogP contribution in [0.5, 0.6) is 0 Å². The largest absolute Gasteiger partial charge is 0.318 e. The molecule has 4 rings (SSSR count). The van der Waals surface area contributed by atoms with Crippen molar-refractivity contribution in [1.29, 1.82) is 0 Å². The summed E-state index contributed by atoms with van der Waals surface area (Å²) in [5.41, 5.74) is 0.647. The van der Waals surface area contributed by atoms with Gasteiger partial charge in [-0.25, -0.2) is 9.88 Å². The van der Waals surface area contributed by atoms with Gasteiger partial charge in [-0.3, -0.25) is 14.5 Å². The molecule has 1 atom stereocenters. The molecule has 2 aliphatic rings. The fraction of sp³-hybridized carbons (Fsp3) is 0.316. The molecule has 1 aromatic heterocycles. The first-order valence-electron chi connectivity index (χ1n) is 8.82. The zero-order valence-electron chi connectivity index (χ0n) is 14.3. The number of carbonyl (C=O) groups excluding carboxylic acids is 2. The summed E-state index contributed by atoms with van der Waals surface area (Å²) >= 11 is 3.41. The van der Waals surface area contributed by atoms with Gasteiger partial charge in [-0.15, -0.1) is 0 Å². The van der Waals surface area contributed by atoms with E-state index < -0.39 is 0 Å². The van der Waals surface area contributed by atoms with Crippen LogP contribution in [0, 0.1) is 0 Å². The van der Waals surface area contributed by atoms with Crippen molar-refractivity contribution in [2.24, 2.45) is 0 Å². The van der Waals surface area contributed by atoms with E-state index in [4.69, 9.17) is 0 Å². The van der Waals surface area contributed by atoms with Gasteiger partial charge in [0.2, 0.25) is 5.91 Å². The van der Waals surface area contributed by atoms with E-state index in [0.29, 0.717) is 5.69 Å². The highest BCUT2D eigenvalue weighted by Gasteiger charge is 2.47. The van der Waals surface area contributed by atoms with Crippen LogP contribution in [0.15, 0.2) is 53.1 Å². The molecule has 1 aromatic carbocycles. The maximum absolute atomic E-state index is 12.9. The SMILES string of the molecule is O=C1C[C@H]([NH+]2CCN(c3cccc[nH+]3)CC2)C(=O)N1c1cccc(Br)c1. The predicted octanol–water partition coefficient (Wildman–Crippen LogP) is 0.300. The zero-order chi connectivity index (χ0) is 18.1. The van der Waals surface area contributed by atoms with E-state index in [1.807, 2.05) is 36.5 Å². The fourth-order valence-corrected chi connectivity index (χ4v) is 4.19. The highest BCUT2D eigenvalue weighted by molar-refractivity contribution is 9.10. The number of rotatable bonds is 3. The average molecular weight is 417 g/mol. The van der Waals surface area contributed by atoms with E-state index in [1.165, 1.54) is 9.80 Å². The van der Waals surface area contributed by atoms with Crippen LogP contribution in [0.2, 0.25) is 0 Å². The predicted molar refractivity (Wildman–Crippen MR) is 101 cm³/mol. The number of piperazine rings is 1. The van der Waals surface area contributed by atoms with Crippen molar-refractivity contribution >= 4 is 39.2 Å². The standard InChI is InChI=1S/C19H19BrN4O2/c20-14-4-3-5-15(12-14)24-18(25)13-16(19(24)26)22-8-10-23(11-9-22)17-6-1-2-7-21-17/h1-7,12,16H,8-11,13H2/p+2/t16-/m0/s1. The summed E-state index contributed by atoms with van der Waals surface area (Å²) < 4.78 is 0.860. The van der Waals surface area contributed by atoms with E-state index >= 15 is 0 Å². The number of carbonyl (C=O) groups is 2. The van der Waals surface area contributed by atoms with E-state index in [-0.39, 0.29) is 24.3 Å². The molecule has 2 aliphatic heterocycles. The van der Waals surface area contributed by atoms with Crippen molar-refractivity contribution in [1.82, 2.24) is 0 Å². The number of pyridine rings is 1. The fourth-order valence-electron chi connectivity index (χ4n) is 3.80. The van der Waals surface area contributed by atoms with Crippen LogP contribution in [-0.2, 0) is 9.59 Å². The summed E-state index contributed by atoms with van der Waals surface area (Å²) in [6.07, 6.45) is 2.21. The maximum Gasteiger partial charge on any atom is 0.292 e. The minimum absolute atomic E-state index is 0.0807. The molecule has 26 heavy (non-hydrogen) atoms. The summed E-state index contributed by atoms with van der Waals surface area (Å²) in [6.45, 7) is 3.42. The molecular formula is C19H21BrN4O2+2. The Kier molecular flexibility index (Phi) is 4.74. The molecule has 0 spiro atoms. The number of benzene rings is 1. The molecule has 3 heterocycles. The highest BCUT2D eigenvalue weighted by Crippen LogP contribution is 2.25. The number of aromatic nitrogens is 1. The number of imide groups is 1. The minimum atomic E-state index is -0.275. The summed E-state index contributed by atoms with van der Waals surface area (Å²) in [7, 11) is 0. The Morgan fingerprint density at radius 2 is 1.88 bits per heavy atom. The molecule has 0 radical (unpaired) electrons. The number of halogens is 1. The van der Waals surface area contributed by atoms with E-state index in [1.54, 1.807) is 6.07 Å². The van der Waals surface area contributed by atoms with Crippen LogP contribution >= 0.6 is 15.9 Å². The topological polar surface area (TPSA) is 59.2 Å². The van der Waals surface area contributed by atoms with Crippen LogP contribution in [0.25, 0.3) is 0 Å². The van der Waals surface area contributed by atoms with Gasteiger partial charge in [0.05, 0.1) is 18.3 Å². The Labute approximate surface area is 160 Å². The van der Waals surface area contributed by atoms with Gasteiger partial charge in [-0.2, -0.15) is 0 Å². The van der Waals surface area contributed by atoms with E-state index in [0.717, 1.165) is 36.5 Å². The van der Waals surface area contributed by atoms with Gasteiger partial charge in [-0.1, -0.05) is 28.1 Å². The molecule has 2 saturated heterocycles. The number of hydrogen-bond acceptors (Lipinski definition) is 3. The minimum Gasteiger partial charge on any atom is -0.318 e. The lowest BCUT2D eigenvalue weighted by atomic mass is 10.1. The zero-order valence-corrected chi connectivity index (χ0v) is 15.9. The third kappa shape index (κ3) is 3.24. The number of hydrogen-bond donors (Lipinski definition) is 1. The molecule has 0 unspecified atom stereocenters. The van der Waals surface area contributed by atoms with Crippen LogP contribution in [0.1, 0.15) is 6.42 Å². The Hall–Kier alpha value is -2.25. The van der Waals surface area contributed by atoms with Crippen molar-refractivity contribution in [2.45, 2.75) is 12.5 Å². The molecule has 2 amide bonds. The third-order valence-electron chi connectivity index (χ3n) is 5.14. The molecule has 0 saturated carbocycles. The van der Waals surface area contributed by atoms with Gasteiger partial charge >= 0.3 is 0 Å². The number of nitrogens with one attached hydrogen (secondary N) is 2. The second kappa shape index (κ2) is 7.17. The number of anilines is 2. The third-order valence-corrected chi connectivity index (χ3v) is 5.64. The number of nitrogens with zero attached hydrogens (tertiary/aromatic N) is 2. The van der Waals surface area contributed by atoms with Crippen molar-refractivity contribution in [3.05, 3.63) is 53.1 Å². The smallest absolute Gasteiger partial charge is 0.292 e. The van der Waals surface area contributed by atoms with Crippen molar-refractivity contribution in [3.8, 4) is 0 Å². The van der Waals surface area contributed by atoms with Crippen molar-refractivity contribution in [3.63, 3.8) is 0 Å². The number of aromatic amines is 1. The summed E-state index contributed by atoms with van der Waals surface area (Å²) in [4.78, 5) is 33.5. The first kappa shape index (κ1) is 17.2. The monoisotopic (exact) mass is 416 g/mol. The highest BCUT2D eigenvalue weighted by atomic mass is 79.9. The van der Waals surface area contributed by atoms with Gasteiger partial charge < -0.3 is 4.90 Å². The molecule has 2 fully saturated rings. The first-order chi connectivity index (χ1) is 12.6. The Morgan fingerprint density at radius 1 is 1.08 bits per heavy atom. The van der Waals surface area contributed by atoms with Crippen molar-refractivity contribution in [2.75, 3.05) is 36.0 Å². The lowest BCUT2D eigenvalue weighted by Gasteiger charge is -2.31. The van der Waals surface area contributed by atoms with Crippen LogP contribution in [0.3, 0.4) is 0 Å². The van der Waals surface area contributed by atoms with E-state index in [9.17, 15) is 9.59 Å². The molecule has 0 bridgehead atoms. The molecule has 2 aromatic rings. The summed E-state index contributed by atoms with van der Waals surface area (Å²) in [5.74, 6) is 0.906. The van der Waals surface area contributed by atoms with E-state index in [2.05, 4.69) is 31.9 Å². The number of amides is 2. The number of H-pyrrole nitrogens is 1. The van der Waals surface area contributed by atoms with Crippen LogP contribution in [-0.4, -0.2) is 44.0 Å². The summed E-state index contributed by atoms with van der Waals surface area (Å²) in [5, 5.41) is 0. The molecule has 2 N–H and O–H groups in total. The van der Waals surface area contributed by atoms with Crippen LogP contribution in [0.4, 0.5) is 11.5 Å². The van der Waals surface area contributed by atoms with Gasteiger partial charge in [0.1, 0.15) is 26.2 Å². The van der Waals surface area contributed by atoms with Crippen molar-refractivity contribution < 1.29 is 19.5 Å². The van der Waals surface area contributed by atoms with Crippen LogP contribution < -0.4 is 19.7 Å². The van der Waals surface area contributed by atoms with Gasteiger partial charge in [0.15, 0.2) is 6.04 Å². The second-order valence-corrected chi connectivity index (χ2v) is 7.61. The Morgan fingerprint density at radius 3 is 2.58 bits per heavy atom. The molecule has 7 heteroatoms. The molecule has 0 aliphatic carbocycles. The lowest BCUT2D eigenvalue weighted by Crippen LogP contribution is -3.19. The molecule has 134 valence electrons. The Balaban J connectivity index is 1.45. The lowest BCUT2D eigenvalue weighted by molar-refractivity contribution is -0.915. The first-order valence-corrected chi connectivity index (χ1v) is 9.61. The molecular weight excluding hydrogens is 396 g/mol.